The molecule has 0 aliphatic rings. The quantitative estimate of drug-likeness (QED) is 0.517. The van der Waals surface area contributed by atoms with Gasteiger partial charge in [-0.05, 0) is 18.6 Å². The summed E-state index contributed by atoms with van der Waals surface area (Å²) in [5, 5.41) is 9.04. The van der Waals surface area contributed by atoms with Crippen LogP contribution in [0.15, 0.2) is 51.6 Å². The van der Waals surface area contributed by atoms with Crippen LogP contribution in [0.25, 0.3) is 0 Å². The van der Waals surface area contributed by atoms with Gasteiger partial charge in [0.1, 0.15) is 5.15 Å². The predicted octanol–water partition coefficient (Wildman–Crippen LogP) is 1.77. The summed E-state index contributed by atoms with van der Waals surface area (Å²) in [5.41, 5.74) is -0.276. The molecule has 0 bridgehead atoms. The number of rotatable bonds is 4. The lowest BCUT2D eigenvalue weighted by atomic mass is 10.1. The van der Waals surface area contributed by atoms with Gasteiger partial charge in [-0.1, -0.05) is 30.3 Å². The lowest BCUT2D eigenvalue weighted by molar-refractivity contribution is 0.719. The van der Waals surface area contributed by atoms with Crippen molar-refractivity contribution in [3.8, 4) is 6.07 Å². The zero-order chi connectivity index (χ0) is 14.4. The van der Waals surface area contributed by atoms with Crippen molar-refractivity contribution < 1.29 is 0 Å². The van der Waals surface area contributed by atoms with Gasteiger partial charge in [0.15, 0.2) is 0 Å². The van der Waals surface area contributed by atoms with Gasteiger partial charge in [0.25, 0.3) is 5.56 Å². The van der Waals surface area contributed by atoms with E-state index in [-0.39, 0.29) is 11.7 Å². The van der Waals surface area contributed by atoms with Crippen molar-refractivity contribution in [2.75, 3.05) is 0 Å². The lowest BCUT2D eigenvalue weighted by Crippen LogP contribution is -2.30. The molecule has 5 nitrogen and oxygen atoms in total. The molecule has 0 aliphatic carbocycles. The zero-order valence-electron chi connectivity index (χ0n) is 10.3. The van der Waals surface area contributed by atoms with E-state index in [1.165, 1.54) is 6.08 Å². The Labute approximate surface area is 114 Å². The molecular weight excluding hydrogens is 266 g/mol. The molecule has 1 rings (SSSR count). The first-order valence-corrected chi connectivity index (χ1v) is 5.79. The third kappa shape index (κ3) is 3.57. The summed E-state index contributed by atoms with van der Waals surface area (Å²) in [6.45, 7) is 5.45. The third-order valence-electron chi connectivity index (χ3n) is 2.36. The van der Waals surface area contributed by atoms with Gasteiger partial charge in [0, 0.05) is 6.07 Å². The first-order valence-electron chi connectivity index (χ1n) is 5.41. The third-order valence-corrected chi connectivity index (χ3v) is 2.67. The first kappa shape index (κ1) is 14.7. The minimum absolute atomic E-state index is 0.00543. The number of hydrogen-bond acceptors (Lipinski definition) is 3. The van der Waals surface area contributed by atoms with Gasteiger partial charge in [-0.25, -0.2) is 4.79 Å². The van der Waals surface area contributed by atoms with E-state index in [0.717, 1.165) is 10.6 Å². The second-order valence-corrected chi connectivity index (χ2v) is 3.99. The molecule has 0 fully saturated rings. The van der Waals surface area contributed by atoms with E-state index in [9.17, 15) is 9.59 Å². The number of H-pyrrole nitrogens is 1. The number of nitrogens with zero attached hydrogens (tertiary/aromatic N) is 2. The van der Waals surface area contributed by atoms with Gasteiger partial charge >= 0.3 is 5.69 Å². The Morgan fingerprint density at radius 1 is 1.63 bits per heavy atom. The maximum atomic E-state index is 11.6. The number of aromatic nitrogens is 2. The average molecular weight is 278 g/mol. The van der Waals surface area contributed by atoms with E-state index in [1.807, 2.05) is 6.07 Å². The van der Waals surface area contributed by atoms with Gasteiger partial charge in [0.05, 0.1) is 18.2 Å². The number of allylic oxidation sites excluding steroid dienone is 5. The molecule has 0 atom stereocenters. The maximum Gasteiger partial charge on any atom is 0.329 e. The monoisotopic (exact) mass is 277 g/mol. The van der Waals surface area contributed by atoms with Crippen LogP contribution in [-0.2, 0) is 6.54 Å². The molecule has 1 aromatic heterocycles. The maximum absolute atomic E-state index is 11.6. The lowest BCUT2D eigenvalue weighted by Gasteiger charge is -2.08. The summed E-state index contributed by atoms with van der Waals surface area (Å²) >= 11 is 5.85. The van der Waals surface area contributed by atoms with Crippen LogP contribution in [0.1, 0.15) is 6.92 Å². The second kappa shape index (κ2) is 6.57. The highest BCUT2D eigenvalue weighted by molar-refractivity contribution is 6.29. The minimum atomic E-state index is -0.630. The SMILES string of the molecule is C=C/C(Cn1c(Cl)cc(=O)[nH]c1=O)=C(C#N)\C=C/C. The molecule has 0 saturated carbocycles. The van der Waals surface area contributed by atoms with E-state index in [2.05, 4.69) is 11.6 Å². The molecule has 0 radical (unpaired) electrons. The van der Waals surface area contributed by atoms with Crippen LogP contribution in [0.4, 0.5) is 0 Å². The summed E-state index contributed by atoms with van der Waals surface area (Å²) in [4.78, 5) is 24.8. The highest BCUT2D eigenvalue weighted by Gasteiger charge is 2.07. The van der Waals surface area contributed by atoms with Crippen LogP contribution in [-0.4, -0.2) is 9.55 Å². The number of aromatic amines is 1. The summed E-state index contributed by atoms with van der Waals surface area (Å²) < 4.78 is 1.15. The largest absolute Gasteiger partial charge is 0.329 e. The summed E-state index contributed by atoms with van der Waals surface area (Å²) in [5.74, 6) is 0. The topological polar surface area (TPSA) is 78.7 Å². The van der Waals surface area contributed by atoms with Crippen molar-refractivity contribution in [3.05, 3.63) is 68.0 Å². The summed E-state index contributed by atoms with van der Waals surface area (Å²) in [7, 11) is 0. The van der Waals surface area contributed by atoms with Crippen LogP contribution < -0.4 is 11.2 Å². The Bertz CT molecular complexity index is 702. The predicted molar refractivity (Wildman–Crippen MR) is 74.0 cm³/mol. The molecule has 0 saturated heterocycles. The fourth-order valence-corrected chi connectivity index (χ4v) is 1.69. The molecule has 0 aromatic carbocycles. The number of halogens is 1. The van der Waals surface area contributed by atoms with E-state index in [4.69, 9.17) is 16.9 Å². The molecule has 0 spiro atoms. The normalized spacial score (nSPS) is 12.1. The van der Waals surface area contributed by atoms with Crippen molar-refractivity contribution in [2.24, 2.45) is 0 Å². The Hall–Kier alpha value is -2.32. The van der Waals surface area contributed by atoms with Crippen molar-refractivity contribution in [3.63, 3.8) is 0 Å². The van der Waals surface area contributed by atoms with Crippen LogP contribution in [0, 0.1) is 11.3 Å². The molecule has 1 aromatic rings. The fraction of sp³-hybridized carbons (Fsp3) is 0.154. The highest BCUT2D eigenvalue weighted by atomic mass is 35.5. The molecule has 19 heavy (non-hydrogen) atoms. The summed E-state index contributed by atoms with van der Waals surface area (Å²) in [6.07, 6.45) is 4.80. The minimum Gasteiger partial charge on any atom is -0.279 e. The van der Waals surface area contributed by atoms with E-state index in [1.54, 1.807) is 19.1 Å². The van der Waals surface area contributed by atoms with Crippen molar-refractivity contribution in [1.29, 1.82) is 5.26 Å². The highest BCUT2D eigenvalue weighted by Crippen LogP contribution is 2.12. The summed E-state index contributed by atoms with van der Waals surface area (Å²) in [6, 6.07) is 3.12. The Balaban J connectivity index is 3.36. The molecule has 98 valence electrons. The smallest absolute Gasteiger partial charge is 0.279 e. The Kier molecular flexibility index (Phi) is 5.10. The van der Waals surface area contributed by atoms with Crippen LogP contribution in [0.5, 0.6) is 0 Å². The Morgan fingerprint density at radius 2 is 2.32 bits per heavy atom. The van der Waals surface area contributed by atoms with Crippen LogP contribution in [0.3, 0.4) is 0 Å². The van der Waals surface area contributed by atoms with Gasteiger partial charge in [-0.3, -0.25) is 14.3 Å². The average Bonchev–Trinajstić information content (AvgIpc) is 2.36. The molecule has 0 unspecified atom stereocenters. The van der Waals surface area contributed by atoms with Crippen LogP contribution in [0.2, 0.25) is 5.15 Å². The van der Waals surface area contributed by atoms with Crippen molar-refractivity contribution in [1.82, 2.24) is 9.55 Å². The molecule has 1 heterocycles. The molecule has 6 heteroatoms. The van der Waals surface area contributed by atoms with Crippen LogP contribution >= 0.6 is 11.6 Å². The Morgan fingerprint density at radius 3 is 2.79 bits per heavy atom. The van der Waals surface area contributed by atoms with Gasteiger partial charge < -0.3 is 0 Å². The zero-order valence-corrected chi connectivity index (χ0v) is 11.1. The molecule has 0 aliphatic heterocycles. The van der Waals surface area contributed by atoms with Gasteiger partial charge in [-0.2, -0.15) is 5.26 Å². The number of nitrogens with one attached hydrogen (secondary N) is 1. The number of nitriles is 1. The van der Waals surface area contributed by atoms with Crippen molar-refractivity contribution >= 4 is 11.6 Å². The molecule has 1 N–H and O–H groups in total. The van der Waals surface area contributed by atoms with E-state index in [0.29, 0.717) is 11.1 Å². The van der Waals surface area contributed by atoms with Crippen molar-refractivity contribution in [2.45, 2.75) is 13.5 Å². The fourth-order valence-electron chi connectivity index (χ4n) is 1.45. The first-order chi connectivity index (χ1) is 9.03. The van der Waals surface area contributed by atoms with E-state index >= 15 is 0 Å². The van der Waals surface area contributed by atoms with E-state index < -0.39 is 11.2 Å². The molecule has 0 amide bonds. The standard InChI is InChI=1S/C13H12ClN3O2/c1-3-5-10(7-15)9(4-2)8-17-11(14)6-12(18)16-13(17)19/h3-6H,2,8H2,1H3,(H,16,18,19)/b5-3-,10-9-. The van der Waals surface area contributed by atoms with Gasteiger partial charge in [-0.15, -0.1) is 0 Å². The number of hydrogen-bond donors (Lipinski definition) is 1. The molecular formula is C13H12ClN3O2. The second-order valence-electron chi connectivity index (χ2n) is 3.60. The van der Waals surface area contributed by atoms with Gasteiger partial charge in [0.2, 0.25) is 0 Å².